The highest BCUT2D eigenvalue weighted by Gasteiger charge is 2.33. The Morgan fingerprint density at radius 1 is 1.05 bits per heavy atom. The summed E-state index contributed by atoms with van der Waals surface area (Å²) in [5, 5.41) is 9.92. The highest BCUT2D eigenvalue weighted by molar-refractivity contribution is 4.88. The molecule has 4 unspecified atom stereocenters. The van der Waals surface area contributed by atoms with Crippen LogP contribution in [0.15, 0.2) is 0 Å². The van der Waals surface area contributed by atoms with Gasteiger partial charge in [-0.2, -0.15) is 0 Å². The maximum absolute atomic E-state index is 9.92. The number of piperazine rings is 1. The molecule has 124 valence electrons. The van der Waals surface area contributed by atoms with Crippen LogP contribution in [0.5, 0.6) is 0 Å². The SMILES string of the molecule is CC1CC(C)C(CN2CCN(CC(C)(C)O)CC2)C(N)C1. The molecule has 3 N–H and O–H groups in total. The zero-order chi connectivity index (χ0) is 15.6. The van der Waals surface area contributed by atoms with Gasteiger partial charge in [-0.05, 0) is 44.4 Å². The number of β-amino-alcohol motifs (C(OH)–C–C–N with tert-alkyl or cyclic N) is 1. The molecule has 1 saturated carbocycles. The van der Waals surface area contributed by atoms with Crippen molar-refractivity contribution in [1.29, 1.82) is 0 Å². The van der Waals surface area contributed by atoms with Crippen molar-refractivity contribution < 1.29 is 5.11 Å². The average molecular weight is 297 g/mol. The lowest BCUT2D eigenvalue weighted by Crippen LogP contribution is -2.53. The highest BCUT2D eigenvalue weighted by atomic mass is 16.3. The Bertz CT molecular complexity index is 308. The van der Waals surface area contributed by atoms with Gasteiger partial charge in [0.25, 0.3) is 0 Å². The fraction of sp³-hybridized carbons (Fsp3) is 1.00. The lowest BCUT2D eigenvalue weighted by Gasteiger charge is -2.43. The molecule has 2 fully saturated rings. The van der Waals surface area contributed by atoms with E-state index in [0.29, 0.717) is 12.0 Å². The van der Waals surface area contributed by atoms with E-state index in [1.165, 1.54) is 12.8 Å². The lowest BCUT2D eigenvalue weighted by atomic mass is 9.72. The third kappa shape index (κ3) is 5.20. The molecule has 4 nitrogen and oxygen atoms in total. The maximum Gasteiger partial charge on any atom is 0.0718 e. The molecule has 0 spiro atoms. The van der Waals surface area contributed by atoms with Gasteiger partial charge in [0.2, 0.25) is 0 Å². The maximum atomic E-state index is 9.92. The quantitative estimate of drug-likeness (QED) is 0.823. The first kappa shape index (κ1) is 17.2. The Morgan fingerprint density at radius 2 is 1.62 bits per heavy atom. The summed E-state index contributed by atoms with van der Waals surface area (Å²) in [6, 6.07) is 0.373. The first-order chi connectivity index (χ1) is 9.74. The first-order valence-corrected chi connectivity index (χ1v) is 8.67. The van der Waals surface area contributed by atoms with Crippen molar-refractivity contribution in [3.05, 3.63) is 0 Å². The fourth-order valence-electron chi connectivity index (χ4n) is 4.26. The van der Waals surface area contributed by atoms with Crippen molar-refractivity contribution in [2.45, 2.75) is 52.2 Å². The van der Waals surface area contributed by atoms with Crippen molar-refractivity contribution in [3.8, 4) is 0 Å². The van der Waals surface area contributed by atoms with Gasteiger partial charge in [0.05, 0.1) is 5.60 Å². The van der Waals surface area contributed by atoms with Gasteiger partial charge in [0.15, 0.2) is 0 Å². The zero-order valence-corrected chi connectivity index (χ0v) is 14.4. The van der Waals surface area contributed by atoms with Crippen LogP contribution in [0.1, 0.15) is 40.5 Å². The third-order valence-electron chi connectivity index (χ3n) is 5.27. The Labute approximate surface area is 130 Å². The molecule has 4 heteroatoms. The van der Waals surface area contributed by atoms with Gasteiger partial charge in [-0.1, -0.05) is 13.8 Å². The first-order valence-electron chi connectivity index (χ1n) is 8.67. The van der Waals surface area contributed by atoms with E-state index < -0.39 is 5.60 Å². The van der Waals surface area contributed by atoms with E-state index in [1.54, 1.807) is 0 Å². The Hall–Kier alpha value is -0.160. The lowest BCUT2D eigenvalue weighted by molar-refractivity contribution is 0.0112. The molecule has 1 heterocycles. The molecule has 2 rings (SSSR count). The minimum atomic E-state index is -0.585. The van der Waals surface area contributed by atoms with Crippen molar-refractivity contribution in [1.82, 2.24) is 9.80 Å². The highest BCUT2D eigenvalue weighted by Crippen LogP contribution is 2.33. The number of nitrogens with two attached hydrogens (primary N) is 1. The van der Waals surface area contributed by atoms with Gasteiger partial charge in [-0.15, -0.1) is 0 Å². The second kappa shape index (κ2) is 6.95. The van der Waals surface area contributed by atoms with E-state index in [9.17, 15) is 5.11 Å². The molecular weight excluding hydrogens is 262 g/mol. The molecule has 1 aliphatic carbocycles. The van der Waals surface area contributed by atoms with Crippen molar-refractivity contribution in [2.75, 3.05) is 39.3 Å². The molecule has 0 bridgehead atoms. The number of hydrogen-bond donors (Lipinski definition) is 2. The van der Waals surface area contributed by atoms with E-state index in [4.69, 9.17) is 5.73 Å². The van der Waals surface area contributed by atoms with Crippen LogP contribution in [0, 0.1) is 17.8 Å². The minimum Gasteiger partial charge on any atom is -0.389 e. The summed E-state index contributed by atoms with van der Waals surface area (Å²) < 4.78 is 0. The summed E-state index contributed by atoms with van der Waals surface area (Å²) in [6.07, 6.45) is 2.52. The number of rotatable bonds is 4. The Balaban J connectivity index is 1.78. The van der Waals surface area contributed by atoms with Gasteiger partial charge in [0.1, 0.15) is 0 Å². The summed E-state index contributed by atoms with van der Waals surface area (Å²) in [7, 11) is 0. The summed E-state index contributed by atoms with van der Waals surface area (Å²) >= 11 is 0. The Morgan fingerprint density at radius 3 is 2.14 bits per heavy atom. The van der Waals surface area contributed by atoms with Crippen LogP contribution in [0.25, 0.3) is 0 Å². The van der Waals surface area contributed by atoms with Crippen molar-refractivity contribution in [2.24, 2.45) is 23.5 Å². The molecule has 0 amide bonds. The van der Waals surface area contributed by atoms with Gasteiger partial charge >= 0.3 is 0 Å². The van der Waals surface area contributed by atoms with Crippen LogP contribution in [-0.2, 0) is 0 Å². The third-order valence-corrected chi connectivity index (χ3v) is 5.27. The van der Waals surface area contributed by atoms with Gasteiger partial charge in [0, 0.05) is 45.3 Å². The van der Waals surface area contributed by atoms with Gasteiger partial charge < -0.3 is 15.7 Å². The topological polar surface area (TPSA) is 52.7 Å². The molecule has 1 saturated heterocycles. The second-order valence-electron chi connectivity index (χ2n) is 8.27. The van der Waals surface area contributed by atoms with Crippen molar-refractivity contribution >= 4 is 0 Å². The summed E-state index contributed by atoms with van der Waals surface area (Å²) in [4.78, 5) is 4.96. The normalized spacial score (nSPS) is 36.9. The van der Waals surface area contributed by atoms with Crippen LogP contribution in [0.3, 0.4) is 0 Å². The minimum absolute atomic E-state index is 0.373. The largest absolute Gasteiger partial charge is 0.389 e. The van der Waals surface area contributed by atoms with E-state index in [-0.39, 0.29) is 0 Å². The van der Waals surface area contributed by atoms with Crippen LogP contribution in [0.4, 0.5) is 0 Å². The van der Waals surface area contributed by atoms with E-state index in [1.807, 2.05) is 13.8 Å². The van der Waals surface area contributed by atoms with E-state index >= 15 is 0 Å². The summed E-state index contributed by atoms with van der Waals surface area (Å²) in [6.45, 7) is 14.8. The standard InChI is InChI=1S/C17H35N3O/c1-13-9-14(2)15(16(18)10-13)11-19-5-7-20(8-6-19)12-17(3,4)21/h13-16,21H,5-12,18H2,1-4H3. The molecule has 4 atom stereocenters. The van der Waals surface area contributed by atoms with Crippen LogP contribution >= 0.6 is 0 Å². The van der Waals surface area contributed by atoms with Gasteiger partial charge in [-0.25, -0.2) is 0 Å². The zero-order valence-electron chi connectivity index (χ0n) is 14.4. The molecular formula is C17H35N3O. The predicted octanol–water partition coefficient (Wildman–Crippen LogP) is 1.38. The molecule has 0 radical (unpaired) electrons. The summed E-state index contributed by atoms with van der Waals surface area (Å²) in [5.41, 5.74) is 5.83. The monoisotopic (exact) mass is 297 g/mol. The number of nitrogens with zero attached hydrogens (tertiary/aromatic N) is 2. The second-order valence-corrected chi connectivity index (χ2v) is 8.27. The van der Waals surface area contributed by atoms with Gasteiger partial charge in [-0.3, -0.25) is 4.90 Å². The number of hydrogen-bond acceptors (Lipinski definition) is 4. The fourth-order valence-corrected chi connectivity index (χ4v) is 4.26. The molecule has 21 heavy (non-hydrogen) atoms. The molecule has 0 aromatic heterocycles. The molecule has 0 aromatic carbocycles. The van der Waals surface area contributed by atoms with Crippen molar-refractivity contribution in [3.63, 3.8) is 0 Å². The predicted molar refractivity (Wildman–Crippen MR) is 88.2 cm³/mol. The summed E-state index contributed by atoms with van der Waals surface area (Å²) in [5.74, 6) is 2.19. The van der Waals surface area contributed by atoms with Crippen LogP contribution < -0.4 is 5.73 Å². The molecule has 2 aliphatic rings. The molecule has 0 aromatic rings. The van der Waals surface area contributed by atoms with E-state index in [2.05, 4.69) is 23.6 Å². The van der Waals surface area contributed by atoms with E-state index in [0.717, 1.165) is 51.1 Å². The average Bonchev–Trinajstić information content (AvgIpc) is 2.34. The number of aliphatic hydroxyl groups is 1. The van der Waals surface area contributed by atoms with Crippen LogP contribution in [0.2, 0.25) is 0 Å². The molecule has 1 aliphatic heterocycles. The Kier molecular flexibility index (Phi) is 5.69. The smallest absolute Gasteiger partial charge is 0.0718 e. The van der Waals surface area contributed by atoms with Crippen LogP contribution in [-0.4, -0.2) is 65.8 Å².